The Morgan fingerprint density at radius 1 is 1.29 bits per heavy atom. The van der Waals surface area contributed by atoms with E-state index in [1.807, 2.05) is 30.9 Å². The van der Waals surface area contributed by atoms with Gasteiger partial charge >= 0.3 is 0 Å². The van der Waals surface area contributed by atoms with E-state index < -0.39 is 0 Å². The van der Waals surface area contributed by atoms with E-state index in [4.69, 9.17) is 0 Å². The van der Waals surface area contributed by atoms with Gasteiger partial charge in [0, 0.05) is 30.7 Å². The summed E-state index contributed by atoms with van der Waals surface area (Å²) >= 11 is 1.64. The number of imidazole rings is 1. The maximum absolute atomic E-state index is 4.56. The number of rotatable bonds is 2. The molecular formula is C12H14N4S. The van der Waals surface area contributed by atoms with E-state index in [1.165, 1.54) is 17.7 Å². The molecule has 0 aromatic carbocycles. The van der Waals surface area contributed by atoms with E-state index in [2.05, 4.69) is 15.0 Å². The minimum absolute atomic E-state index is 0.863. The van der Waals surface area contributed by atoms with Crippen molar-refractivity contribution in [1.29, 1.82) is 0 Å². The van der Waals surface area contributed by atoms with Crippen LogP contribution >= 0.6 is 11.8 Å². The molecule has 0 saturated heterocycles. The number of hydrogen-bond acceptors (Lipinski definition) is 4. The van der Waals surface area contributed by atoms with Crippen LogP contribution in [0, 0.1) is 6.92 Å². The Bertz CT molecular complexity index is 562. The Balaban J connectivity index is 2.01. The van der Waals surface area contributed by atoms with E-state index >= 15 is 0 Å². The molecule has 2 aromatic heterocycles. The number of hydrogen-bond donors (Lipinski definition) is 0. The van der Waals surface area contributed by atoms with Gasteiger partial charge in [-0.1, -0.05) is 0 Å². The van der Waals surface area contributed by atoms with Crippen molar-refractivity contribution in [3.05, 3.63) is 29.5 Å². The van der Waals surface area contributed by atoms with Crippen molar-refractivity contribution in [2.24, 2.45) is 7.05 Å². The van der Waals surface area contributed by atoms with Crippen molar-refractivity contribution in [3.8, 4) is 0 Å². The molecule has 0 radical (unpaired) electrons. The number of nitrogens with zero attached hydrogens (tertiary/aromatic N) is 4. The predicted molar refractivity (Wildman–Crippen MR) is 66.1 cm³/mol. The molecule has 0 saturated carbocycles. The first-order valence-corrected chi connectivity index (χ1v) is 6.57. The Morgan fingerprint density at radius 2 is 2.18 bits per heavy atom. The molecule has 2 heterocycles. The maximum Gasteiger partial charge on any atom is 0.174 e. The second-order valence-corrected chi connectivity index (χ2v) is 5.23. The van der Waals surface area contributed by atoms with E-state index in [9.17, 15) is 0 Å². The summed E-state index contributed by atoms with van der Waals surface area (Å²) < 4.78 is 2.02. The fourth-order valence-electron chi connectivity index (χ4n) is 2.14. The summed E-state index contributed by atoms with van der Waals surface area (Å²) in [5.41, 5.74) is 2.55. The van der Waals surface area contributed by atoms with Crippen LogP contribution in [-0.4, -0.2) is 19.5 Å². The van der Waals surface area contributed by atoms with E-state index in [1.54, 1.807) is 11.8 Å². The van der Waals surface area contributed by atoms with Crippen LogP contribution in [0.25, 0.3) is 0 Å². The highest BCUT2D eigenvalue weighted by Gasteiger charge is 2.19. The van der Waals surface area contributed by atoms with Gasteiger partial charge in [0.05, 0.1) is 0 Å². The molecule has 4 nitrogen and oxygen atoms in total. The van der Waals surface area contributed by atoms with E-state index in [-0.39, 0.29) is 0 Å². The zero-order valence-corrected chi connectivity index (χ0v) is 10.8. The summed E-state index contributed by atoms with van der Waals surface area (Å²) in [6.45, 7) is 1.96. The molecule has 17 heavy (non-hydrogen) atoms. The molecule has 0 N–H and O–H groups in total. The molecule has 3 rings (SSSR count). The van der Waals surface area contributed by atoms with E-state index in [0.717, 1.165) is 28.8 Å². The third-order valence-electron chi connectivity index (χ3n) is 2.97. The number of aromatic nitrogens is 4. The van der Waals surface area contributed by atoms with Gasteiger partial charge in [0.25, 0.3) is 0 Å². The first-order chi connectivity index (χ1) is 8.24. The van der Waals surface area contributed by atoms with Gasteiger partial charge in [-0.3, -0.25) is 0 Å². The highest BCUT2D eigenvalue weighted by atomic mass is 32.2. The topological polar surface area (TPSA) is 43.6 Å². The van der Waals surface area contributed by atoms with Gasteiger partial charge in [0.15, 0.2) is 5.16 Å². The average molecular weight is 246 g/mol. The van der Waals surface area contributed by atoms with Gasteiger partial charge < -0.3 is 4.57 Å². The van der Waals surface area contributed by atoms with Crippen LogP contribution in [0.2, 0.25) is 0 Å². The van der Waals surface area contributed by atoms with Gasteiger partial charge in [-0.25, -0.2) is 15.0 Å². The Hall–Kier alpha value is -1.36. The van der Waals surface area contributed by atoms with Crippen molar-refractivity contribution in [2.45, 2.75) is 36.4 Å². The van der Waals surface area contributed by atoms with Gasteiger partial charge in [0.2, 0.25) is 0 Å². The third-order valence-corrected chi connectivity index (χ3v) is 4.08. The zero-order chi connectivity index (χ0) is 11.8. The molecule has 0 aliphatic heterocycles. The quantitative estimate of drug-likeness (QED) is 0.762. The Morgan fingerprint density at radius 3 is 2.94 bits per heavy atom. The SMILES string of the molecule is Cc1nc2c(c(Sc3nccn3C)n1)CCC2. The molecule has 0 bridgehead atoms. The highest BCUT2D eigenvalue weighted by Crippen LogP contribution is 2.32. The number of aryl methyl sites for hydroxylation is 3. The molecule has 2 aromatic rings. The standard InChI is InChI=1S/C12H14N4S/c1-8-14-10-5-3-4-9(10)11(15-8)17-12-13-6-7-16(12)2/h6-7H,3-5H2,1-2H3. The second-order valence-electron chi connectivity index (χ2n) is 4.28. The lowest BCUT2D eigenvalue weighted by Crippen LogP contribution is -2.00. The van der Waals surface area contributed by atoms with Gasteiger partial charge in [-0.2, -0.15) is 0 Å². The average Bonchev–Trinajstić information content (AvgIpc) is 2.88. The molecular weight excluding hydrogens is 232 g/mol. The largest absolute Gasteiger partial charge is 0.329 e. The lowest BCUT2D eigenvalue weighted by atomic mass is 10.3. The van der Waals surface area contributed by atoms with Crippen LogP contribution in [0.4, 0.5) is 0 Å². The monoisotopic (exact) mass is 246 g/mol. The third kappa shape index (κ3) is 1.95. The molecule has 1 aliphatic carbocycles. The minimum Gasteiger partial charge on any atom is -0.329 e. The molecule has 0 unspecified atom stereocenters. The number of fused-ring (bicyclic) bond motifs is 1. The van der Waals surface area contributed by atoms with Crippen LogP contribution in [0.3, 0.4) is 0 Å². The molecule has 1 aliphatic rings. The lowest BCUT2D eigenvalue weighted by molar-refractivity contribution is 0.785. The van der Waals surface area contributed by atoms with Crippen molar-refractivity contribution in [3.63, 3.8) is 0 Å². The van der Waals surface area contributed by atoms with Crippen LogP contribution < -0.4 is 0 Å². The Labute approximate surface area is 105 Å². The van der Waals surface area contributed by atoms with Crippen LogP contribution in [0.5, 0.6) is 0 Å². The minimum atomic E-state index is 0.863. The molecule has 0 fully saturated rings. The fraction of sp³-hybridized carbons (Fsp3) is 0.417. The van der Waals surface area contributed by atoms with Crippen molar-refractivity contribution in [2.75, 3.05) is 0 Å². The van der Waals surface area contributed by atoms with Crippen LogP contribution in [0.15, 0.2) is 22.6 Å². The smallest absolute Gasteiger partial charge is 0.174 e. The van der Waals surface area contributed by atoms with Crippen molar-refractivity contribution >= 4 is 11.8 Å². The van der Waals surface area contributed by atoms with Crippen molar-refractivity contribution < 1.29 is 0 Å². The predicted octanol–water partition coefficient (Wildman–Crippen LogP) is 2.16. The van der Waals surface area contributed by atoms with Gasteiger partial charge in [0.1, 0.15) is 10.9 Å². The first kappa shape index (κ1) is 10.8. The van der Waals surface area contributed by atoms with Crippen molar-refractivity contribution in [1.82, 2.24) is 19.5 Å². The second kappa shape index (κ2) is 4.14. The van der Waals surface area contributed by atoms with Gasteiger partial charge in [-0.15, -0.1) is 0 Å². The summed E-state index contributed by atoms with van der Waals surface area (Å²) in [6.07, 6.45) is 7.16. The van der Waals surface area contributed by atoms with Gasteiger partial charge in [-0.05, 0) is 37.9 Å². The Kier molecular flexibility index (Phi) is 2.63. The summed E-state index contributed by atoms with van der Waals surface area (Å²) in [6, 6.07) is 0. The molecule has 5 heteroatoms. The van der Waals surface area contributed by atoms with Crippen LogP contribution in [-0.2, 0) is 19.9 Å². The normalized spacial score (nSPS) is 14.0. The summed E-state index contributed by atoms with van der Waals surface area (Å²) in [5.74, 6) is 0.863. The summed E-state index contributed by atoms with van der Waals surface area (Å²) in [5, 5.41) is 2.07. The summed E-state index contributed by atoms with van der Waals surface area (Å²) in [4.78, 5) is 13.4. The highest BCUT2D eigenvalue weighted by molar-refractivity contribution is 7.99. The molecule has 0 spiro atoms. The zero-order valence-electron chi connectivity index (χ0n) is 9.97. The molecule has 88 valence electrons. The fourth-order valence-corrected chi connectivity index (χ4v) is 3.15. The maximum atomic E-state index is 4.56. The first-order valence-electron chi connectivity index (χ1n) is 5.75. The molecule has 0 atom stereocenters. The summed E-state index contributed by atoms with van der Waals surface area (Å²) in [7, 11) is 2.00. The lowest BCUT2D eigenvalue weighted by Gasteiger charge is -2.07. The molecule has 0 amide bonds. The van der Waals surface area contributed by atoms with Crippen LogP contribution in [0.1, 0.15) is 23.5 Å². The van der Waals surface area contributed by atoms with E-state index in [0.29, 0.717) is 0 Å².